The normalized spacial score (nSPS) is 19.9. The summed E-state index contributed by atoms with van der Waals surface area (Å²) in [5.74, 6) is -1.44. The molecule has 2 aromatic heterocycles. The summed E-state index contributed by atoms with van der Waals surface area (Å²) in [6, 6.07) is 2.96. The quantitative estimate of drug-likeness (QED) is 0.492. The predicted molar refractivity (Wildman–Crippen MR) is 113 cm³/mol. The van der Waals surface area contributed by atoms with Crippen LogP contribution >= 0.6 is 0 Å². The first-order valence-electron chi connectivity index (χ1n) is 11.0. The Bertz CT molecular complexity index is 1260. The van der Waals surface area contributed by atoms with E-state index < -0.39 is 42.1 Å². The maximum atomic E-state index is 12.8. The van der Waals surface area contributed by atoms with Gasteiger partial charge in [0, 0.05) is 24.3 Å². The third-order valence-electron chi connectivity index (χ3n) is 6.00. The number of rotatable bonds is 7. The van der Waals surface area contributed by atoms with Crippen molar-refractivity contribution in [2.75, 3.05) is 6.54 Å². The highest BCUT2D eigenvalue weighted by molar-refractivity contribution is 5.90. The van der Waals surface area contributed by atoms with E-state index in [2.05, 4.69) is 30.5 Å². The predicted octanol–water partition coefficient (Wildman–Crippen LogP) is 2.66. The van der Waals surface area contributed by atoms with Crippen molar-refractivity contribution in [1.82, 2.24) is 35.4 Å². The van der Waals surface area contributed by atoms with Gasteiger partial charge in [-0.1, -0.05) is 16.4 Å². The van der Waals surface area contributed by atoms with E-state index >= 15 is 0 Å². The highest BCUT2D eigenvalue weighted by atomic mass is 19.4. The lowest BCUT2D eigenvalue weighted by molar-refractivity contribution is -0.274. The number of likely N-dealkylation sites (tertiary alicyclic amines) is 1. The number of amides is 2. The first-order valence-corrected chi connectivity index (χ1v) is 11.0. The van der Waals surface area contributed by atoms with Crippen LogP contribution in [0.15, 0.2) is 35.1 Å². The zero-order chi connectivity index (χ0) is 25.4. The van der Waals surface area contributed by atoms with Crippen molar-refractivity contribution in [3.63, 3.8) is 0 Å². The number of ether oxygens (including phenoxy) is 1. The van der Waals surface area contributed by atoms with E-state index in [-0.39, 0.29) is 30.4 Å². The van der Waals surface area contributed by atoms with E-state index in [0.29, 0.717) is 6.42 Å². The van der Waals surface area contributed by atoms with Crippen LogP contribution in [0.1, 0.15) is 41.4 Å². The lowest BCUT2D eigenvalue weighted by Crippen LogP contribution is -2.39. The maximum absolute atomic E-state index is 12.8. The minimum atomic E-state index is -4.86. The summed E-state index contributed by atoms with van der Waals surface area (Å²) < 4.78 is 48.7. The second kappa shape index (κ2) is 9.13. The summed E-state index contributed by atoms with van der Waals surface area (Å²) in [5, 5.41) is 23.5. The average Bonchev–Trinajstić information content (AvgIpc) is 3.19. The number of nitrogens with one attached hydrogen (secondary N) is 1. The Hall–Kier alpha value is -4.17. The molecule has 15 heteroatoms. The van der Waals surface area contributed by atoms with E-state index in [9.17, 15) is 27.9 Å². The molecule has 2 amide bonds. The van der Waals surface area contributed by atoms with Gasteiger partial charge in [-0.25, -0.2) is 4.79 Å². The standard InChI is InChI=1S/C21H20F3N7O5/c22-21(23,24)35-14-3-4-15(11-1-2-11)16(8-14)17-27-19(36-28-17)18(32)26-12-7-13(31(9-12)20(33)34)10-30-6-5-25-29-30/h3-6,8,11-13H,1-2,7,9-10H2,(H,26,32)(H,33,34)/t12-,13+/m1/s1. The minimum Gasteiger partial charge on any atom is -0.465 e. The van der Waals surface area contributed by atoms with Crippen LogP contribution < -0.4 is 10.1 Å². The van der Waals surface area contributed by atoms with Gasteiger partial charge in [-0.15, -0.1) is 18.3 Å². The van der Waals surface area contributed by atoms with Crippen LogP contribution in [0.5, 0.6) is 5.75 Å². The number of nitrogens with zero attached hydrogens (tertiary/aromatic N) is 6. The molecule has 2 atom stereocenters. The molecule has 1 aliphatic heterocycles. The number of alkyl halides is 3. The van der Waals surface area contributed by atoms with Crippen molar-refractivity contribution in [3.8, 4) is 17.1 Å². The van der Waals surface area contributed by atoms with E-state index in [1.54, 1.807) is 6.20 Å². The summed E-state index contributed by atoms with van der Waals surface area (Å²) in [6.07, 6.45) is -0.850. The van der Waals surface area contributed by atoms with Crippen molar-refractivity contribution in [2.45, 2.75) is 50.2 Å². The summed E-state index contributed by atoms with van der Waals surface area (Å²) in [6.45, 7) is 0.313. The smallest absolute Gasteiger partial charge is 0.465 e. The molecule has 1 aliphatic carbocycles. The molecule has 12 nitrogen and oxygen atoms in total. The van der Waals surface area contributed by atoms with Gasteiger partial charge >= 0.3 is 24.3 Å². The molecule has 1 saturated heterocycles. The highest BCUT2D eigenvalue weighted by Crippen LogP contribution is 2.45. The molecule has 1 aromatic carbocycles. The number of carbonyl (C=O) groups excluding carboxylic acids is 1. The second-order valence-electron chi connectivity index (χ2n) is 8.61. The summed E-state index contributed by atoms with van der Waals surface area (Å²) in [4.78, 5) is 29.7. The molecule has 0 radical (unpaired) electrons. The van der Waals surface area contributed by atoms with Gasteiger partial charge in [-0.05, 0) is 42.9 Å². The summed E-state index contributed by atoms with van der Waals surface area (Å²) in [5.41, 5.74) is 1.02. The molecule has 0 spiro atoms. The van der Waals surface area contributed by atoms with Crippen molar-refractivity contribution in [3.05, 3.63) is 42.0 Å². The monoisotopic (exact) mass is 507 g/mol. The van der Waals surface area contributed by atoms with E-state index in [4.69, 9.17) is 4.52 Å². The van der Waals surface area contributed by atoms with Crippen LogP contribution in [0, 0.1) is 0 Å². The number of hydrogen-bond acceptors (Lipinski definition) is 8. The first kappa shape index (κ1) is 23.6. The third kappa shape index (κ3) is 5.23. The highest BCUT2D eigenvalue weighted by Gasteiger charge is 2.37. The van der Waals surface area contributed by atoms with Gasteiger partial charge in [-0.3, -0.25) is 9.48 Å². The van der Waals surface area contributed by atoms with Gasteiger partial charge in [0.05, 0.1) is 18.8 Å². The van der Waals surface area contributed by atoms with Crippen molar-refractivity contribution < 1.29 is 37.1 Å². The number of aromatic nitrogens is 5. The first-order chi connectivity index (χ1) is 17.2. The topological polar surface area (TPSA) is 148 Å². The number of halogens is 3. The zero-order valence-electron chi connectivity index (χ0n) is 18.6. The molecule has 0 unspecified atom stereocenters. The zero-order valence-corrected chi connectivity index (χ0v) is 18.6. The minimum absolute atomic E-state index is 0.0442. The second-order valence-corrected chi connectivity index (χ2v) is 8.61. The van der Waals surface area contributed by atoms with Gasteiger partial charge in [-0.2, -0.15) is 4.98 Å². The molecular weight excluding hydrogens is 487 g/mol. The van der Waals surface area contributed by atoms with Crippen LogP contribution in [0.4, 0.5) is 18.0 Å². The lowest BCUT2D eigenvalue weighted by atomic mass is 10.0. The van der Waals surface area contributed by atoms with Crippen LogP contribution in [-0.2, 0) is 6.54 Å². The lowest BCUT2D eigenvalue weighted by Gasteiger charge is -2.20. The van der Waals surface area contributed by atoms with E-state index in [1.165, 1.54) is 34.0 Å². The Labute approximate surface area is 201 Å². The molecule has 190 valence electrons. The fraction of sp³-hybridized carbons (Fsp3) is 0.429. The van der Waals surface area contributed by atoms with Crippen LogP contribution in [0.2, 0.25) is 0 Å². The number of carboxylic acid groups (broad SMARTS) is 1. The van der Waals surface area contributed by atoms with Gasteiger partial charge in [0.2, 0.25) is 5.82 Å². The fourth-order valence-corrected chi connectivity index (χ4v) is 4.32. The Balaban J connectivity index is 1.30. The number of hydrogen-bond donors (Lipinski definition) is 2. The van der Waals surface area contributed by atoms with Gasteiger partial charge in [0.1, 0.15) is 5.75 Å². The Morgan fingerprint density at radius 3 is 2.75 bits per heavy atom. The largest absolute Gasteiger partial charge is 0.573 e. The molecule has 2 N–H and O–H groups in total. The van der Waals surface area contributed by atoms with E-state index in [0.717, 1.165) is 18.4 Å². The molecule has 2 fully saturated rings. The van der Waals surface area contributed by atoms with Gasteiger partial charge in [0.15, 0.2) is 0 Å². The molecule has 1 saturated carbocycles. The maximum Gasteiger partial charge on any atom is 0.573 e. The SMILES string of the molecule is O=C(N[C@@H]1C[C@@H](Cn2ccnn2)N(C(=O)O)C1)c1nc(-c2cc(OC(F)(F)F)ccc2C2CC2)no1. The molecule has 3 aromatic rings. The molecule has 5 rings (SSSR count). The molecule has 2 aliphatic rings. The molecular formula is C21H20F3N7O5. The van der Waals surface area contributed by atoms with Crippen molar-refractivity contribution in [1.29, 1.82) is 0 Å². The Morgan fingerprint density at radius 1 is 1.28 bits per heavy atom. The van der Waals surface area contributed by atoms with Crippen LogP contribution in [-0.4, -0.2) is 72.1 Å². The third-order valence-corrected chi connectivity index (χ3v) is 6.00. The molecule has 36 heavy (non-hydrogen) atoms. The average molecular weight is 507 g/mol. The molecule has 0 bridgehead atoms. The number of benzene rings is 1. The van der Waals surface area contributed by atoms with Crippen LogP contribution in [0.25, 0.3) is 11.4 Å². The molecule has 3 heterocycles. The van der Waals surface area contributed by atoms with Gasteiger partial charge < -0.3 is 24.6 Å². The fourth-order valence-electron chi connectivity index (χ4n) is 4.32. The van der Waals surface area contributed by atoms with Crippen molar-refractivity contribution >= 4 is 12.0 Å². The van der Waals surface area contributed by atoms with Crippen LogP contribution in [0.3, 0.4) is 0 Å². The van der Waals surface area contributed by atoms with Crippen molar-refractivity contribution in [2.24, 2.45) is 0 Å². The Morgan fingerprint density at radius 2 is 2.08 bits per heavy atom. The summed E-state index contributed by atoms with van der Waals surface area (Å²) in [7, 11) is 0. The number of carbonyl (C=O) groups is 2. The van der Waals surface area contributed by atoms with Gasteiger partial charge in [0.25, 0.3) is 0 Å². The Kier molecular flexibility index (Phi) is 5.97. The van der Waals surface area contributed by atoms with E-state index in [1.807, 2.05) is 0 Å². The summed E-state index contributed by atoms with van der Waals surface area (Å²) >= 11 is 0.